The zero-order chi connectivity index (χ0) is 31.5. The first-order chi connectivity index (χ1) is 19.0. The van der Waals surface area contributed by atoms with Gasteiger partial charge in [-0.1, -0.05) is 34.6 Å². The number of hydrogen-bond donors (Lipinski definition) is 6. The first-order valence-corrected chi connectivity index (χ1v) is 14.0. The highest BCUT2D eigenvalue weighted by molar-refractivity contribution is 5.97. The summed E-state index contributed by atoms with van der Waals surface area (Å²) in [6.45, 7) is 11.0. The first kappa shape index (κ1) is 35.3. The number of rotatable bonds is 15. The number of carboxylic acids is 2. The van der Waals surface area contributed by atoms with Gasteiger partial charge in [0.15, 0.2) is 0 Å². The highest BCUT2D eigenvalue weighted by Gasteiger charge is 2.38. The van der Waals surface area contributed by atoms with Gasteiger partial charge in [0.1, 0.15) is 24.2 Å². The van der Waals surface area contributed by atoms with Crippen molar-refractivity contribution in [3.05, 3.63) is 0 Å². The molecule has 0 radical (unpaired) electrons. The van der Waals surface area contributed by atoms with E-state index in [1.165, 1.54) is 11.8 Å². The number of likely N-dealkylation sites (tertiary alicyclic amines) is 1. The molecule has 5 amide bonds. The third kappa shape index (κ3) is 11.4. The molecule has 0 aromatic rings. The zero-order valence-electron chi connectivity index (χ0n) is 24.7. The summed E-state index contributed by atoms with van der Waals surface area (Å²) < 4.78 is 0. The topological polar surface area (TPSA) is 211 Å². The van der Waals surface area contributed by atoms with Crippen molar-refractivity contribution >= 4 is 41.5 Å². The highest BCUT2D eigenvalue weighted by Crippen LogP contribution is 2.21. The number of aliphatic carboxylic acids is 2. The Labute approximate surface area is 240 Å². The number of hydrogen-bond acceptors (Lipinski definition) is 7. The van der Waals surface area contributed by atoms with E-state index < -0.39 is 78.0 Å². The van der Waals surface area contributed by atoms with Gasteiger partial charge in [-0.3, -0.25) is 28.8 Å². The number of carbonyl (C=O) groups is 7. The van der Waals surface area contributed by atoms with Crippen molar-refractivity contribution in [3.8, 4) is 0 Å². The summed E-state index contributed by atoms with van der Waals surface area (Å²) in [5.41, 5.74) is -0.783. The molecule has 0 spiro atoms. The third-order valence-electron chi connectivity index (χ3n) is 6.99. The SMILES string of the molecule is CCC(CC)C(=O)N[C@H](C(=O)N[C@@H](CC(=O)N1CCCC1)C(=O)N[C@@H](CC(=O)N[C@@H](C)C(=O)O)C(=O)O)C(C)(C)C. The van der Waals surface area contributed by atoms with E-state index in [4.69, 9.17) is 5.11 Å². The van der Waals surface area contributed by atoms with Crippen molar-refractivity contribution in [2.24, 2.45) is 11.3 Å². The number of amides is 5. The summed E-state index contributed by atoms with van der Waals surface area (Å²) in [6.07, 6.45) is 1.44. The smallest absolute Gasteiger partial charge is 0.326 e. The lowest BCUT2D eigenvalue weighted by Crippen LogP contribution is -2.60. The Bertz CT molecular complexity index is 984. The molecule has 6 N–H and O–H groups in total. The maximum absolute atomic E-state index is 13.5. The Kier molecular flexibility index (Phi) is 13.7. The molecular formula is C27H45N5O9. The van der Waals surface area contributed by atoms with Crippen LogP contribution in [0.4, 0.5) is 0 Å². The van der Waals surface area contributed by atoms with Crippen LogP contribution >= 0.6 is 0 Å². The summed E-state index contributed by atoms with van der Waals surface area (Å²) in [4.78, 5) is 89.0. The van der Waals surface area contributed by atoms with Crippen LogP contribution in [0.1, 0.15) is 80.1 Å². The Morgan fingerprint density at radius 2 is 1.27 bits per heavy atom. The van der Waals surface area contributed by atoms with Crippen molar-refractivity contribution in [1.29, 1.82) is 0 Å². The van der Waals surface area contributed by atoms with Crippen molar-refractivity contribution in [3.63, 3.8) is 0 Å². The molecule has 0 bridgehead atoms. The van der Waals surface area contributed by atoms with Gasteiger partial charge in [0, 0.05) is 19.0 Å². The second-order valence-corrected chi connectivity index (χ2v) is 11.4. The van der Waals surface area contributed by atoms with Crippen LogP contribution in [0.2, 0.25) is 0 Å². The fourth-order valence-electron chi connectivity index (χ4n) is 4.35. The molecule has 0 saturated carbocycles. The monoisotopic (exact) mass is 583 g/mol. The number of carbonyl (C=O) groups excluding carboxylic acids is 5. The highest BCUT2D eigenvalue weighted by atomic mass is 16.4. The standard InChI is InChI=1S/C27H45N5O9/c1-7-16(8-2)22(35)31-21(27(4,5)6)24(37)29-17(14-20(34)32-11-9-10-12-32)23(36)30-18(26(40)41)13-19(33)28-15(3)25(38)39/h15-18,21H,7-14H2,1-6H3,(H,28,33)(H,29,37)(H,30,36)(H,31,35)(H,38,39)(H,40,41)/t15-,17-,18-,21+/m0/s1. The summed E-state index contributed by atoms with van der Waals surface area (Å²) in [7, 11) is 0. The number of nitrogens with zero attached hydrogens (tertiary/aromatic N) is 1. The molecule has 1 heterocycles. The molecule has 0 aliphatic carbocycles. The molecule has 232 valence electrons. The summed E-state index contributed by atoms with van der Waals surface area (Å²) in [5, 5.41) is 28.1. The normalized spacial score (nSPS) is 16.2. The van der Waals surface area contributed by atoms with E-state index in [-0.39, 0.29) is 11.8 Å². The van der Waals surface area contributed by atoms with Gasteiger partial charge >= 0.3 is 11.9 Å². The maximum atomic E-state index is 13.5. The minimum absolute atomic E-state index is 0.324. The molecule has 1 aliphatic rings. The minimum atomic E-state index is -1.77. The van der Waals surface area contributed by atoms with Crippen molar-refractivity contribution in [1.82, 2.24) is 26.2 Å². The Morgan fingerprint density at radius 3 is 1.73 bits per heavy atom. The lowest BCUT2D eigenvalue weighted by atomic mass is 9.85. The summed E-state index contributed by atoms with van der Waals surface area (Å²) in [6, 6.07) is -5.64. The van der Waals surface area contributed by atoms with Crippen LogP contribution in [-0.2, 0) is 33.6 Å². The molecule has 14 heteroatoms. The molecule has 41 heavy (non-hydrogen) atoms. The predicted octanol–water partition coefficient (Wildman–Crippen LogP) is -0.000400. The van der Waals surface area contributed by atoms with E-state index in [1.54, 1.807) is 20.8 Å². The summed E-state index contributed by atoms with van der Waals surface area (Å²) >= 11 is 0. The van der Waals surface area contributed by atoms with Gasteiger partial charge in [-0.2, -0.15) is 0 Å². The van der Waals surface area contributed by atoms with Gasteiger partial charge in [-0.05, 0) is 38.0 Å². The lowest BCUT2D eigenvalue weighted by Gasteiger charge is -2.33. The van der Waals surface area contributed by atoms with E-state index in [2.05, 4.69) is 21.3 Å². The Morgan fingerprint density at radius 1 is 0.732 bits per heavy atom. The van der Waals surface area contributed by atoms with Gasteiger partial charge in [0.05, 0.1) is 12.8 Å². The van der Waals surface area contributed by atoms with Gasteiger partial charge in [0.25, 0.3) is 0 Å². The van der Waals surface area contributed by atoms with Gasteiger partial charge in [-0.25, -0.2) is 4.79 Å². The van der Waals surface area contributed by atoms with E-state index in [0.717, 1.165) is 12.8 Å². The van der Waals surface area contributed by atoms with Crippen LogP contribution < -0.4 is 21.3 Å². The molecule has 0 aromatic heterocycles. The molecular weight excluding hydrogens is 538 g/mol. The molecule has 1 aliphatic heterocycles. The maximum Gasteiger partial charge on any atom is 0.326 e. The van der Waals surface area contributed by atoms with E-state index in [9.17, 15) is 38.7 Å². The van der Waals surface area contributed by atoms with Crippen LogP contribution in [0.5, 0.6) is 0 Å². The lowest BCUT2D eigenvalue weighted by molar-refractivity contribution is -0.145. The minimum Gasteiger partial charge on any atom is -0.480 e. The average Bonchev–Trinajstić information content (AvgIpc) is 3.41. The van der Waals surface area contributed by atoms with E-state index >= 15 is 0 Å². The van der Waals surface area contributed by atoms with Crippen LogP contribution in [0.15, 0.2) is 0 Å². The van der Waals surface area contributed by atoms with Crippen molar-refractivity contribution in [2.75, 3.05) is 13.1 Å². The molecule has 1 rings (SSSR count). The molecule has 1 fully saturated rings. The van der Waals surface area contributed by atoms with Gasteiger partial charge < -0.3 is 36.4 Å². The molecule has 0 unspecified atom stereocenters. The van der Waals surface area contributed by atoms with Gasteiger partial charge in [0.2, 0.25) is 29.5 Å². The van der Waals surface area contributed by atoms with Crippen LogP contribution in [-0.4, -0.2) is 93.8 Å². The molecule has 14 nitrogen and oxygen atoms in total. The second kappa shape index (κ2) is 15.9. The molecule has 1 saturated heterocycles. The first-order valence-electron chi connectivity index (χ1n) is 14.0. The number of nitrogens with one attached hydrogen (secondary N) is 4. The van der Waals surface area contributed by atoms with E-state index in [0.29, 0.717) is 25.9 Å². The Hall–Kier alpha value is -3.71. The fourth-order valence-corrected chi connectivity index (χ4v) is 4.35. The zero-order valence-corrected chi connectivity index (χ0v) is 24.7. The summed E-state index contributed by atoms with van der Waals surface area (Å²) in [5.74, 6) is -6.65. The average molecular weight is 584 g/mol. The second-order valence-electron chi connectivity index (χ2n) is 11.4. The largest absolute Gasteiger partial charge is 0.480 e. The van der Waals surface area contributed by atoms with Crippen molar-refractivity contribution < 1.29 is 43.8 Å². The van der Waals surface area contributed by atoms with Crippen LogP contribution in [0.25, 0.3) is 0 Å². The van der Waals surface area contributed by atoms with Crippen molar-refractivity contribution in [2.45, 2.75) is 104 Å². The predicted molar refractivity (Wildman–Crippen MR) is 147 cm³/mol. The third-order valence-corrected chi connectivity index (χ3v) is 6.99. The Balaban J connectivity index is 3.19. The quantitative estimate of drug-likeness (QED) is 0.153. The van der Waals surface area contributed by atoms with Crippen LogP contribution in [0.3, 0.4) is 0 Å². The van der Waals surface area contributed by atoms with E-state index in [1.807, 2.05) is 13.8 Å². The molecule has 4 atom stereocenters. The van der Waals surface area contributed by atoms with Crippen LogP contribution in [0, 0.1) is 11.3 Å². The van der Waals surface area contributed by atoms with Gasteiger partial charge in [-0.15, -0.1) is 0 Å². The fraction of sp³-hybridized carbons (Fsp3) is 0.741. The number of carboxylic acid groups (broad SMARTS) is 2. The molecule has 0 aromatic carbocycles.